The Bertz CT molecular complexity index is 1010. The smallest absolute Gasteiger partial charge is 0.219 e. The Morgan fingerprint density at radius 1 is 1.14 bits per heavy atom. The lowest BCUT2D eigenvalue weighted by molar-refractivity contribution is -0.121. The van der Waals surface area contributed by atoms with Crippen molar-refractivity contribution in [2.45, 2.75) is 58.0 Å². The third-order valence-corrected chi connectivity index (χ3v) is 5.37. The number of benzene rings is 1. The Hall–Kier alpha value is -3.03. The van der Waals surface area contributed by atoms with Gasteiger partial charge in [-0.25, -0.2) is 19.0 Å². The van der Waals surface area contributed by atoms with Crippen LogP contribution in [-0.4, -0.2) is 37.7 Å². The Morgan fingerprint density at radius 2 is 1.83 bits per heavy atom. The number of anilines is 1. The molecule has 0 saturated heterocycles. The number of carbonyl (C=O) groups excluding carboxylic acids is 1. The molecule has 1 aromatic carbocycles. The highest BCUT2D eigenvalue weighted by molar-refractivity contribution is 5.87. The summed E-state index contributed by atoms with van der Waals surface area (Å²) >= 11 is 0. The first-order valence-corrected chi connectivity index (χ1v) is 10.1. The van der Waals surface area contributed by atoms with Gasteiger partial charge in [0.1, 0.15) is 17.5 Å². The summed E-state index contributed by atoms with van der Waals surface area (Å²) in [6.07, 6.45) is 6.09. The van der Waals surface area contributed by atoms with Gasteiger partial charge < -0.3 is 10.6 Å². The molecule has 1 saturated carbocycles. The number of nitrogens with zero attached hydrogens (tertiary/aromatic N) is 4. The Morgan fingerprint density at radius 3 is 2.52 bits per heavy atom. The lowest BCUT2D eigenvalue weighted by Gasteiger charge is -2.30. The van der Waals surface area contributed by atoms with Crippen molar-refractivity contribution in [1.29, 1.82) is 0 Å². The summed E-state index contributed by atoms with van der Waals surface area (Å²) < 4.78 is 15.0. The summed E-state index contributed by atoms with van der Waals surface area (Å²) in [6.45, 7) is 3.72. The number of amides is 1. The van der Waals surface area contributed by atoms with Crippen molar-refractivity contribution in [3.8, 4) is 5.69 Å². The minimum atomic E-state index is -0.288. The highest BCUT2D eigenvalue weighted by Crippen LogP contribution is 2.27. The van der Waals surface area contributed by atoms with Gasteiger partial charge in [0, 0.05) is 18.5 Å². The van der Waals surface area contributed by atoms with Gasteiger partial charge in [0.25, 0.3) is 0 Å². The van der Waals surface area contributed by atoms with E-state index in [4.69, 9.17) is 0 Å². The predicted molar refractivity (Wildman–Crippen MR) is 109 cm³/mol. The molecule has 1 amide bonds. The van der Waals surface area contributed by atoms with Crippen LogP contribution in [0.1, 0.15) is 44.9 Å². The van der Waals surface area contributed by atoms with Crippen LogP contribution in [0.15, 0.2) is 30.5 Å². The van der Waals surface area contributed by atoms with E-state index in [0.717, 1.165) is 42.6 Å². The molecule has 3 aromatic rings. The van der Waals surface area contributed by atoms with Gasteiger partial charge in [-0.05, 0) is 56.9 Å². The van der Waals surface area contributed by atoms with E-state index in [1.54, 1.807) is 23.0 Å². The molecule has 4 rings (SSSR count). The SMILES string of the molecule is CCC(=O)NC1CCC(Nc2nc(C)nc3c2cnn3-c2ccc(F)cc2)CC1. The quantitative estimate of drug-likeness (QED) is 0.689. The molecular weight excluding hydrogens is 371 g/mol. The van der Waals surface area contributed by atoms with Crippen LogP contribution in [0.25, 0.3) is 16.7 Å². The molecule has 0 radical (unpaired) electrons. The van der Waals surface area contributed by atoms with Crippen LogP contribution in [0.2, 0.25) is 0 Å². The summed E-state index contributed by atoms with van der Waals surface area (Å²) in [5, 5.41) is 11.9. The van der Waals surface area contributed by atoms with E-state index in [9.17, 15) is 9.18 Å². The van der Waals surface area contributed by atoms with Crippen molar-refractivity contribution in [2.24, 2.45) is 0 Å². The number of aryl methyl sites for hydroxylation is 1. The maximum absolute atomic E-state index is 13.3. The van der Waals surface area contributed by atoms with E-state index >= 15 is 0 Å². The Kier molecular flexibility index (Phi) is 5.42. The molecule has 0 spiro atoms. The molecule has 1 fully saturated rings. The molecular formula is C21H25FN6O. The standard InChI is InChI=1S/C21H25FN6O/c1-3-19(29)26-15-6-8-16(9-7-15)27-20-18-12-23-28(21(18)25-13(2)24-20)17-10-4-14(22)5-11-17/h4-5,10-12,15-16H,3,6-9H2,1-2H3,(H,26,29)(H,24,25,27). The van der Waals surface area contributed by atoms with E-state index in [0.29, 0.717) is 17.9 Å². The number of hydrogen-bond donors (Lipinski definition) is 2. The second-order valence-electron chi connectivity index (χ2n) is 7.50. The molecule has 152 valence electrons. The molecule has 8 heteroatoms. The third kappa shape index (κ3) is 4.21. The zero-order chi connectivity index (χ0) is 20.4. The molecule has 0 bridgehead atoms. The zero-order valence-corrected chi connectivity index (χ0v) is 16.7. The van der Waals surface area contributed by atoms with Gasteiger partial charge in [0.05, 0.1) is 17.3 Å². The minimum absolute atomic E-state index is 0.114. The van der Waals surface area contributed by atoms with Crippen molar-refractivity contribution >= 4 is 22.8 Å². The monoisotopic (exact) mass is 396 g/mol. The highest BCUT2D eigenvalue weighted by atomic mass is 19.1. The lowest BCUT2D eigenvalue weighted by atomic mass is 9.91. The highest BCUT2D eigenvalue weighted by Gasteiger charge is 2.23. The van der Waals surface area contributed by atoms with Crippen LogP contribution >= 0.6 is 0 Å². The predicted octanol–water partition coefficient (Wildman–Crippen LogP) is 3.51. The lowest BCUT2D eigenvalue weighted by Crippen LogP contribution is -2.39. The first kappa shape index (κ1) is 19.3. The van der Waals surface area contributed by atoms with Crippen molar-refractivity contribution in [1.82, 2.24) is 25.1 Å². The molecule has 7 nitrogen and oxygen atoms in total. The largest absolute Gasteiger partial charge is 0.367 e. The molecule has 0 aliphatic heterocycles. The van der Waals surface area contributed by atoms with Crippen LogP contribution in [0, 0.1) is 12.7 Å². The maximum Gasteiger partial charge on any atom is 0.219 e. The van der Waals surface area contributed by atoms with Gasteiger partial charge >= 0.3 is 0 Å². The second kappa shape index (κ2) is 8.14. The van der Waals surface area contributed by atoms with Gasteiger partial charge in [-0.1, -0.05) is 6.92 Å². The van der Waals surface area contributed by atoms with Gasteiger partial charge in [0.15, 0.2) is 5.65 Å². The van der Waals surface area contributed by atoms with Crippen molar-refractivity contribution < 1.29 is 9.18 Å². The fourth-order valence-electron chi connectivity index (χ4n) is 3.80. The van der Waals surface area contributed by atoms with Crippen LogP contribution < -0.4 is 10.6 Å². The number of halogens is 1. The van der Waals surface area contributed by atoms with E-state index in [1.165, 1.54) is 12.1 Å². The maximum atomic E-state index is 13.3. The molecule has 1 aliphatic carbocycles. The summed E-state index contributed by atoms with van der Waals surface area (Å²) in [5.74, 6) is 1.24. The van der Waals surface area contributed by atoms with Crippen LogP contribution in [0.4, 0.5) is 10.2 Å². The van der Waals surface area contributed by atoms with Crippen molar-refractivity contribution in [3.63, 3.8) is 0 Å². The topological polar surface area (TPSA) is 84.7 Å². The van der Waals surface area contributed by atoms with E-state index < -0.39 is 0 Å². The van der Waals surface area contributed by atoms with Crippen LogP contribution in [0.3, 0.4) is 0 Å². The second-order valence-corrected chi connectivity index (χ2v) is 7.50. The molecule has 2 aromatic heterocycles. The van der Waals surface area contributed by atoms with Crippen LogP contribution in [-0.2, 0) is 4.79 Å². The number of rotatable bonds is 5. The Balaban J connectivity index is 1.53. The van der Waals surface area contributed by atoms with E-state index in [2.05, 4.69) is 25.7 Å². The van der Waals surface area contributed by atoms with Crippen molar-refractivity contribution in [2.75, 3.05) is 5.32 Å². The summed E-state index contributed by atoms with van der Waals surface area (Å²) in [6, 6.07) is 6.72. The molecule has 2 N–H and O–H groups in total. The minimum Gasteiger partial charge on any atom is -0.367 e. The normalized spacial score (nSPS) is 19.3. The first-order chi connectivity index (χ1) is 14.0. The Labute approximate surface area is 168 Å². The zero-order valence-electron chi connectivity index (χ0n) is 16.7. The molecule has 0 unspecified atom stereocenters. The number of carbonyl (C=O) groups is 1. The molecule has 2 heterocycles. The number of nitrogens with one attached hydrogen (secondary N) is 2. The van der Waals surface area contributed by atoms with E-state index in [-0.39, 0.29) is 23.8 Å². The first-order valence-electron chi connectivity index (χ1n) is 10.1. The van der Waals surface area contributed by atoms with Crippen molar-refractivity contribution in [3.05, 3.63) is 42.1 Å². The average molecular weight is 396 g/mol. The third-order valence-electron chi connectivity index (χ3n) is 5.37. The summed E-state index contributed by atoms with van der Waals surface area (Å²) in [4.78, 5) is 20.7. The number of fused-ring (bicyclic) bond motifs is 1. The van der Waals surface area contributed by atoms with Crippen LogP contribution in [0.5, 0.6) is 0 Å². The number of hydrogen-bond acceptors (Lipinski definition) is 5. The average Bonchev–Trinajstić information content (AvgIpc) is 3.14. The summed E-state index contributed by atoms with van der Waals surface area (Å²) in [5.41, 5.74) is 1.44. The fourth-order valence-corrected chi connectivity index (χ4v) is 3.80. The molecule has 0 atom stereocenters. The summed E-state index contributed by atoms with van der Waals surface area (Å²) in [7, 11) is 0. The fraction of sp³-hybridized carbons (Fsp3) is 0.429. The number of aromatic nitrogens is 4. The molecule has 29 heavy (non-hydrogen) atoms. The van der Waals surface area contributed by atoms with Gasteiger partial charge in [-0.2, -0.15) is 5.10 Å². The molecule has 1 aliphatic rings. The van der Waals surface area contributed by atoms with E-state index in [1.807, 2.05) is 13.8 Å². The van der Waals surface area contributed by atoms with Gasteiger partial charge in [-0.3, -0.25) is 4.79 Å². The van der Waals surface area contributed by atoms with Gasteiger partial charge in [-0.15, -0.1) is 0 Å². The van der Waals surface area contributed by atoms with Gasteiger partial charge in [0.2, 0.25) is 5.91 Å².